The van der Waals surface area contributed by atoms with Crippen LogP contribution in [0.4, 0.5) is 0 Å². The molecule has 1 saturated heterocycles. The third-order valence-electron chi connectivity index (χ3n) is 4.07. The SMILES string of the molecule is CO[C@H]1OC[C@@]2(O)C[C@@H]1C(S(=O)(=O)c1ccccc1)=C(C)N2. The quantitative estimate of drug-likeness (QED) is 0.862. The lowest BCUT2D eigenvalue weighted by molar-refractivity contribution is -0.234. The van der Waals surface area contributed by atoms with Gasteiger partial charge in [-0.25, -0.2) is 8.42 Å². The third-order valence-corrected chi connectivity index (χ3v) is 6.16. The van der Waals surface area contributed by atoms with E-state index in [1.807, 2.05) is 0 Å². The molecule has 2 N–H and O–H groups in total. The smallest absolute Gasteiger partial charge is 0.204 e. The number of rotatable bonds is 3. The van der Waals surface area contributed by atoms with Gasteiger partial charge in [0.05, 0.1) is 22.3 Å². The number of hydrogen-bond acceptors (Lipinski definition) is 6. The van der Waals surface area contributed by atoms with Crippen LogP contribution in [0.25, 0.3) is 0 Å². The van der Waals surface area contributed by atoms with E-state index < -0.39 is 27.8 Å². The van der Waals surface area contributed by atoms with Crippen molar-refractivity contribution in [3.8, 4) is 0 Å². The van der Waals surface area contributed by atoms with Gasteiger partial charge >= 0.3 is 0 Å². The Bertz CT molecular complexity index is 700. The lowest BCUT2D eigenvalue weighted by atomic mass is 9.89. The fourth-order valence-electron chi connectivity index (χ4n) is 3.21. The average molecular weight is 325 g/mol. The summed E-state index contributed by atoms with van der Waals surface area (Å²) in [6.07, 6.45) is -0.463. The van der Waals surface area contributed by atoms with E-state index >= 15 is 0 Å². The van der Waals surface area contributed by atoms with Gasteiger partial charge in [0.15, 0.2) is 12.0 Å². The Balaban J connectivity index is 2.12. The lowest BCUT2D eigenvalue weighted by Crippen LogP contribution is -2.60. The number of ether oxygens (including phenoxy) is 2. The van der Waals surface area contributed by atoms with Crippen LogP contribution in [-0.2, 0) is 19.3 Å². The second-order valence-electron chi connectivity index (χ2n) is 5.69. The second kappa shape index (κ2) is 5.34. The second-order valence-corrected chi connectivity index (χ2v) is 7.61. The summed E-state index contributed by atoms with van der Waals surface area (Å²) < 4.78 is 36.7. The fraction of sp³-hybridized carbons (Fsp3) is 0.467. The largest absolute Gasteiger partial charge is 0.369 e. The topological polar surface area (TPSA) is 84.9 Å². The molecule has 0 unspecified atom stereocenters. The number of sulfone groups is 1. The van der Waals surface area contributed by atoms with Crippen molar-refractivity contribution >= 4 is 9.84 Å². The van der Waals surface area contributed by atoms with E-state index in [0.717, 1.165) is 0 Å². The number of methoxy groups -OCH3 is 1. The normalized spacial score (nSPS) is 31.8. The van der Waals surface area contributed by atoms with Crippen LogP contribution in [0.2, 0.25) is 0 Å². The first-order valence-electron chi connectivity index (χ1n) is 7.03. The fourth-order valence-corrected chi connectivity index (χ4v) is 5.02. The van der Waals surface area contributed by atoms with Gasteiger partial charge in [0, 0.05) is 19.2 Å². The van der Waals surface area contributed by atoms with Crippen LogP contribution >= 0.6 is 0 Å². The van der Waals surface area contributed by atoms with Crippen LogP contribution < -0.4 is 5.32 Å². The molecule has 6 nitrogen and oxygen atoms in total. The van der Waals surface area contributed by atoms with Crippen LogP contribution in [0.15, 0.2) is 45.8 Å². The molecule has 2 bridgehead atoms. The van der Waals surface area contributed by atoms with E-state index in [1.165, 1.54) is 7.11 Å². The third kappa shape index (κ3) is 2.44. The molecule has 1 aromatic carbocycles. The zero-order valence-electron chi connectivity index (χ0n) is 12.4. The molecule has 7 heteroatoms. The molecule has 3 atom stereocenters. The molecule has 0 amide bonds. The minimum Gasteiger partial charge on any atom is -0.369 e. The highest BCUT2D eigenvalue weighted by Gasteiger charge is 2.50. The van der Waals surface area contributed by atoms with E-state index in [9.17, 15) is 13.5 Å². The molecule has 1 aromatic rings. The summed E-state index contributed by atoms with van der Waals surface area (Å²) in [4.78, 5) is 0.437. The standard InChI is InChI=1S/C15H19NO5S/c1-10-13(22(18,19)11-6-4-3-5-7-11)12-8-15(17,16-10)9-21-14(12)20-2/h3-7,12,14,16-17H,8-9H2,1-2H3/t12-,14+,15+/m1/s1. The van der Waals surface area contributed by atoms with Crippen LogP contribution in [0.1, 0.15) is 13.3 Å². The molecule has 120 valence electrons. The zero-order valence-corrected chi connectivity index (χ0v) is 13.3. The average Bonchev–Trinajstić information content (AvgIpc) is 2.47. The Kier molecular flexibility index (Phi) is 3.76. The first-order chi connectivity index (χ1) is 10.4. The van der Waals surface area contributed by atoms with Crippen molar-refractivity contribution in [1.29, 1.82) is 0 Å². The first-order valence-corrected chi connectivity index (χ1v) is 8.51. The van der Waals surface area contributed by atoms with Crippen LogP contribution in [0.3, 0.4) is 0 Å². The van der Waals surface area contributed by atoms with Crippen LogP contribution in [0, 0.1) is 5.92 Å². The predicted octanol–water partition coefficient (Wildman–Crippen LogP) is 0.993. The maximum atomic E-state index is 13.0. The van der Waals surface area contributed by atoms with Crippen molar-refractivity contribution in [1.82, 2.24) is 5.32 Å². The van der Waals surface area contributed by atoms with Gasteiger partial charge in [-0.05, 0) is 19.1 Å². The Morgan fingerprint density at radius 2 is 2.05 bits per heavy atom. The van der Waals surface area contributed by atoms with E-state index in [2.05, 4.69) is 5.32 Å². The molecular formula is C15H19NO5S. The summed E-state index contributed by atoms with van der Waals surface area (Å²) in [5, 5.41) is 13.3. The van der Waals surface area contributed by atoms with Crippen molar-refractivity contribution in [3.05, 3.63) is 40.9 Å². The van der Waals surface area contributed by atoms with E-state index in [1.54, 1.807) is 37.3 Å². The van der Waals surface area contributed by atoms with Crippen LogP contribution in [0.5, 0.6) is 0 Å². The number of hydrogen-bond donors (Lipinski definition) is 2. The Morgan fingerprint density at radius 1 is 1.36 bits per heavy atom. The van der Waals surface area contributed by atoms with Crippen molar-refractivity contribution in [2.24, 2.45) is 5.92 Å². The minimum absolute atomic E-state index is 0.0536. The molecule has 0 radical (unpaired) electrons. The van der Waals surface area contributed by atoms with Crippen molar-refractivity contribution in [3.63, 3.8) is 0 Å². The maximum absolute atomic E-state index is 13.0. The van der Waals surface area contributed by atoms with Gasteiger partial charge in [0.1, 0.15) is 0 Å². The van der Waals surface area contributed by atoms with Gasteiger partial charge in [-0.15, -0.1) is 0 Å². The molecular weight excluding hydrogens is 306 g/mol. The predicted molar refractivity (Wildman–Crippen MR) is 79.3 cm³/mol. The summed E-state index contributed by atoms with van der Waals surface area (Å²) >= 11 is 0. The van der Waals surface area contributed by atoms with Crippen molar-refractivity contribution in [2.45, 2.75) is 30.3 Å². The molecule has 1 fully saturated rings. The highest BCUT2D eigenvalue weighted by Crippen LogP contribution is 2.42. The summed E-state index contributed by atoms with van der Waals surface area (Å²) in [5.41, 5.74) is -0.813. The van der Waals surface area contributed by atoms with Gasteiger partial charge in [0.2, 0.25) is 9.84 Å². The molecule has 0 aromatic heterocycles. The summed E-state index contributed by atoms with van der Waals surface area (Å²) in [6, 6.07) is 8.24. The highest BCUT2D eigenvalue weighted by molar-refractivity contribution is 7.95. The highest BCUT2D eigenvalue weighted by atomic mass is 32.2. The van der Waals surface area contributed by atoms with Gasteiger partial charge in [0.25, 0.3) is 0 Å². The molecule has 22 heavy (non-hydrogen) atoms. The number of nitrogens with one attached hydrogen (secondary N) is 1. The summed E-state index contributed by atoms with van der Waals surface area (Å²) in [6.45, 7) is 1.71. The zero-order chi connectivity index (χ0) is 16.0. The van der Waals surface area contributed by atoms with Crippen molar-refractivity contribution < 1.29 is 23.0 Å². The van der Waals surface area contributed by atoms with E-state index in [0.29, 0.717) is 5.70 Å². The number of fused-ring (bicyclic) bond motifs is 2. The van der Waals surface area contributed by atoms with Gasteiger partial charge in [-0.2, -0.15) is 0 Å². The maximum Gasteiger partial charge on any atom is 0.204 e. The minimum atomic E-state index is -3.69. The lowest BCUT2D eigenvalue weighted by Gasteiger charge is -2.46. The van der Waals surface area contributed by atoms with Gasteiger partial charge < -0.3 is 19.9 Å². The molecule has 0 aliphatic carbocycles. The number of aliphatic hydroxyl groups is 1. The molecule has 2 heterocycles. The van der Waals surface area contributed by atoms with Gasteiger partial charge in [-0.1, -0.05) is 18.2 Å². The molecule has 2 aliphatic rings. The Morgan fingerprint density at radius 3 is 2.68 bits per heavy atom. The van der Waals surface area contributed by atoms with Crippen LogP contribution in [-0.4, -0.2) is 39.3 Å². The monoisotopic (exact) mass is 325 g/mol. The summed E-state index contributed by atoms with van der Waals surface area (Å²) in [5.74, 6) is -0.546. The first kappa shape index (κ1) is 15.5. The van der Waals surface area contributed by atoms with Gasteiger partial charge in [-0.3, -0.25) is 0 Å². The van der Waals surface area contributed by atoms with Crippen molar-refractivity contribution in [2.75, 3.05) is 13.7 Å². The molecule has 0 saturated carbocycles. The van der Waals surface area contributed by atoms with E-state index in [4.69, 9.17) is 9.47 Å². The Hall–Kier alpha value is -1.41. The van der Waals surface area contributed by atoms with E-state index in [-0.39, 0.29) is 22.8 Å². The number of allylic oxidation sites excluding steroid dienone is 1. The molecule has 0 spiro atoms. The molecule has 2 aliphatic heterocycles. The summed E-state index contributed by atoms with van der Waals surface area (Å²) in [7, 11) is -2.21. The Labute approximate surface area is 129 Å². The molecule has 3 rings (SSSR count). The number of benzene rings is 1.